The van der Waals surface area contributed by atoms with Crippen LogP contribution in [0.2, 0.25) is 0 Å². The third kappa shape index (κ3) is 1.93. The second kappa shape index (κ2) is 4.03. The van der Waals surface area contributed by atoms with Crippen molar-refractivity contribution >= 4 is 58.7 Å². The molecule has 16 heavy (non-hydrogen) atoms. The summed E-state index contributed by atoms with van der Waals surface area (Å²) in [6.45, 7) is 0. The Morgan fingerprint density at radius 3 is 2.50 bits per heavy atom. The van der Waals surface area contributed by atoms with E-state index in [1.165, 1.54) is 12.8 Å². The van der Waals surface area contributed by atoms with Crippen LogP contribution in [0.1, 0.15) is 24.6 Å². The van der Waals surface area contributed by atoms with E-state index in [2.05, 4.69) is 57.8 Å². The summed E-state index contributed by atoms with van der Waals surface area (Å²) in [6, 6.07) is 4.04. The van der Waals surface area contributed by atoms with E-state index in [0.717, 1.165) is 30.3 Å². The van der Waals surface area contributed by atoms with E-state index < -0.39 is 0 Å². The molecule has 0 aliphatic heterocycles. The zero-order valence-electron chi connectivity index (χ0n) is 8.17. The van der Waals surface area contributed by atoms with Crippen LogP contribution in [0.25, 0.3) is 10.9 Å². The number of halogens is 3. The van der Waals surface area contributed by atoms with Gasteiger partial charge < -0.3 is 0 Å². The molecule has 5 heteroatoms. The van der Waals surface area contributed by atoms with Gasteiger partial charge in [0.2, 0.25) is 0 Å². The molecule has 1 aliphatic carbocycles. The topological polar surface area (TPSA) is 25.8 Å². The summed E-state index contributed by atoms with van der Waals surface area (Å²) in [7, 11) is 0. The summed E-state index contributed by atoms with van der Waals surface area (Å²) < 4.78 is 2.90. The fourth-order valence-corrected chi connectivity index (χ4v) is 3.46. The van der Waals surface area contributed by atoms with Crippen molar-refractivity contribution in [2.24, 2.45) is 0 Å². The van der Waals surface area contributed by atoms with Gasteiger partial charge in [0.25, 0.3) is 0 Å². The summed E-state index contributed by atoms with van der Waals surface area (Å²) in [5.41, 5.74) is 0.979. The maximum absolute atomic E-state index is 4.63. The molecule has 1 saturated carbocycles. The lowest BCUT2D eigenvalue weighted by atomic mass is 10.2. The van der Waals surface area contributed by atoms with Crippen molar-refractivity contribution in [1.82, 2.24) is 9.97 Å². The van der Waals surface area contributed by atoms with Gasteiger partial charge in [0.15, 0.2) is 0 Å². The van der Waals surface area contributed by atoms with E-state index in [1.54, 1.807) is 0 Å². The second-order valence-corrected chi connectivity index (χ2v) is 6.45. The van der Waals surface area contributed by atoms with Gasteiger partial charge in [-0.2, -0.15) is 0 Å². The SMILES string of the molecule is Brc1cc(Br)c2nc(C3CC3)nc(Br)c2c1. The monoisotopic (exact) mass is 404 g/mol. The number of benzene rings is 1. The normalized spacial score (nSPS) is 15.7. The van der Waals surface area contributed by atoms with Gasteiger partial charge in [0.05, 0.1) is 5.52 Å². The minimum Gasteiger partial charge on any atom is -0.231 e. The number of fused-ring (bicyclic) bond motifs is 1. The molecule has 0 N–H and O–H groups in total. The van der Waals surface area contributed by atoms with Crippen molar-refractivity contribution in [2.45, 2.75) is 18.8 Å². The third-order valence-electron chi connectivity index (χ3n) is 2.63. The maximum atomic E-state index is 4.63. The highest BCUT2D eigenvalue weighted by Crippen LogP contribution is 2.40. The molecular formula is C11H7Br3N2. The predicted molar refractivity (Wildman–Crippen MR) is 74.6 cm³/mol. The Morgan fingerprint density at radius 2 is 1.81 bits per heavy atom. The van der Waals surface area contributed by atoms with Crippen molar-refractivity contribution in [3.05, 3.63) is 31.5 Å². The molecule has 0 bridgehead atoms. The Balaban J connectivity index is 2.32. The molecule has 0 amide bonds. The number of rotatable bonds is 1. The van der Waals surface area contributed by atoms with Crippen LogP contribution < -0.4 is 0 Å². The lowest BCUT2D eigenvalue weighted by Crippen LogP contribution is -1.95. The van der Waals surface area contributed by atoms with Gasteiger partial charge in [-0.1, -0.05) is 15.9 Å². The van der Waals surface area contributed by atoms with Crippen LogP contribution in [0.15, 0.2) is 25.7 Å². The summed E-state index contributed by atoms with van der Waals surface area (Å²) >= 11 is 10.5. The molecular weight excluding hydrogens is 400 g/mol. The quantitative estimate of drug-likeness (QED) is 0.636. The highest BCUT2D eigenvalue weighted by atomic mass is 79.9. The lowest BCUT2D eigenvalue weighted by molar-refractivity contribution is 0.937. The first-order valence-corrected chi connectivity index (χ1v) is 7.35. The van der Waals surface area contributed by atoms with Gasteiger partial charge in [0, 0.05) is 20.2 Å². The van der Waals surface area contributed by atoms with Crippen LogP contribution in [0, 0.1) is 0 Å². The van der Waals surface area contributed by atoms with Crippen LogP contribution in [0.5, 0.6) is 0 Å². The Morgan fingerprint density at radius 1 is 1.06 bits per heavy atom. The van der Waals surface area contributed by atoms with Crippen molar-refractivity contribution in [1.29, 1.82) is 0 Å². The largest absolute Gasteiger partial charge is 0.231 e. The molecule has 1 aromatic heterocycles. The molecule has 0 unspecified atom stereocenters. The summed E-state index contributed by atoms with van der Waals surface area (Å²) in [5.74, 6) is 1.53. The van der Waals surface area contributed by atoms with E-state index in [4.69, 9.17) is 0 Å². The maximum Gasteiger partial charge on any atom is 0.133 e. The Kier molecular flexibility index (Phi) is 2.80. The van der Waals surface area contributed by atoms with Crippen molar-refractivity contribution in [3.63, 3.8) is 0 Å². The van der Waals surface area contributed by atoms with Crippen LogP contribution in [-0.4, -0.2) is 9.97 Å². The third-order valence-corrected chi connectivity index (χ3v) is 4.30. The first-order chi connectivity index (χ1) is 7.65. The molecule has 82 valence electrons. The van der Waals surface area contributed by atoms with Gasteiger partial charge in [0.1, 0.15) is 10.4 Å². The summed E-state index contributed by atoms with van der Waals surface area (Å²) in [4.78, 5) is 9.14. The smallest absolute Gasteiger partial charge is 0.133 e. The minimum atomic E-state index is 0.566. The molecule has 0 atom stereocenters. The average molecular weight is 407 g/mol. The Hall–Kier alpha value is -0.000000000000000111. The van der Waals surface area contributed by atoms with E-state index in [1.807, 2.05) is 12.1 Å². The van der Waals surface area contributed by atoms with Gasteiger partial charge in [-0.3, -0.25) is 0 Å². The van der Waals surface area contributed by atoms with E-state index in [9.17, 15) is 0 Å². The molecule has 1 aromatic carbocycles. The number of hydrogen-bond donors (Lipinski definition) is 0. The highest BCUT2D eigenvalue weighted by molar-refractivity contribution is 9.11. The lowest BCUT2D eigenvalue weighted by Gasteiger charge is -2.06. The number of nitrogens with zero attached hydrogens (tertiary/aromatic N) is 2. The summed E-state index contributed by atoms with van der Waals surface area (Å²) in [5, 5.41) is 1.03. The van der Waals surface area contributed by atoms with E-state index in [-0.39, 0.29) is 0 Å². The van der Waals surface area contributed by atoms with E-state index in [0.29, 0.717) is 5.92 Å². The van der Waals surface area contributed by atoms with Crippen molar-refractivity contribution in [3.8, 4) is 0 Å². The molecule has 3 rings (SSSR count). The predicted octanol–water partition coefficient (Wildman–Crippen LogP) is 4.79. The van der Waals surface area contributed by atoms with E-state index >= 15 is 0 Å². The standard InChI is InChI=1S/C11H7Br3N2/c12-6-3-7-9(8(13)4-6)15-11(5-1-2-5)16-10(7)14/h3-5H,1-2H2. The van der Waals surface area contributed by atoms with Crippen LogP contribution in [-0.2, 0) is 0 Å². The molecule has 0 saturated heterocycles. The van der Waals surface area contributed by atoms with Crippen LogP contribution in [0.4, 0.5) is 0 Å². The Labute approximate surface area is 118 Å². The fraction of sp³-hybridized carbons (Fsp3) is 0.273. The molecule has 1 heterocycles. The van der Waals surface area contributed by atoms with Gasteiger partial charge in [-0.15, -0.1) is 0 Å². The zero-order valence-corrected chi connectivity index (χ0v) is 12.9. The fourth-order valence-electron chi connectivity index (χ4n) is 1.66. The van der Waals surface area contributed by atoms with Gasteiger partial charge in [-0.25, -0.2) is 9.97 Å². The first-order valence-electron chi connectivity index (χ1n) is 4.97. The molecule has 1 fully saturated rings. The molecule has 2 aromatic rings. The van der Waals surface area contributed by atoms with Crippen molar-refractivity contribution in [2.75, 3.05) is 0 Å². The van der Waals surface area contributed by atoms with Crippen LogP contribution >= 0.6 is 47.8 Å². The van der Waals surface area contributed by atoms with Gasteiger partial charge in [-0.05, 0) is 56.8 Å². The number of hydrogen-bond acceptors (Lipinski definition) is 2. The highest BCUT2D eigenvalue weighted by Gasteiger charge is 2.27. The molecule has 0 spiro atoms. The van der Waals surface area contributed by atoms with Crippen LogP contribution in [0.3, 0.4) is 0 Å². The average Bonchev–Trinajstić information content (AvgIpc) is 3.02. The Bertz CT molecular complexity index is 579. The second-order valence-electron chi connectivity index (χ2n) is 3.93. The van der Waals surface area contributed by atoms with Gasteiger partial charge >= 0.3 is 0 Å². The first kappa shape index (κ1) is 11.1. The number of aromatic nitrogens is 2. The van der Waals surface area contributed by atoms with Crippen molar-refractivity contribution < 1.29 is 0 Å². The summed E-state index contributed by atoms with van der Waals surface area (Å²) in [6.07, 6.45) is 2.43. The zero-order chi connectivity index (χ0) is 11.3. The minimum absolute atomic E-state index is 0.566. The molecule has 1 aliphatic rings. The molecule has 2 nitrogen and oxygen atoms in total. The molecule has 0 radical (unpaired) electrons.